The molecule has 4 atom stereocenters. The van der Waals surface area contributed by atoms with Crippen LogP contribution in [-0.4, -0.2) is 74.6 Å². The molecule has 7 N–H and O–H groups in total. The number of hydrogen-bond donors (Lipinski definition) is 6. The molecule has 2 fully saturated rings. The lowest BCUT2D eigenvalue weighted by molar-refractivity contribution is -0.176. The predicted molar refractivity (Wildman–Crippen MR) is 143 cm³/mol. The van der Waals surface area contributed by atoms with Gasteiger partial charge in [-0.05, 0) is 57.0 Å². The summed E-state index contributed by atoms with van der Waals surface area (Å²) in [6.45, 7) is 3.84. The normalized spacial score (nSPS) is 32.9. The lowest BCUT2D eigenvalue weighted by atomic mass is 9.46. The maximum absolute atomic E-state index is 14.3. The summed E-state index contributed by atoms with van der Waals surface area (Å²) in [5.74, 6) is -4.85. The minimum atomic E-state index is -2.71. The summed E-state index contributed by atoms with van der Waals surface area (Å²) in [7, 11) is 3.18. The molecule has 1 aromatic carbocycles. The van der Waals surface area contributed by atoms with Gasteiger partial charge in [0.2, 0.25) is 5.78 Å². The van der Waals surface area contributed by atoms with Crippen LogP contribution in [0.2, 0.25) is 0 Å². The number of fused-ring (bicyclic) bond motifs is 3. The zero-order valence-corrected chi connectivity index (χ0v) is 22.8. The molecule has 10 nitrogen and oxygen atoms in total. The molecule has 0 saturated heterocycles. The molecule has 0 aromatic heterocycles. The molecule has 4 aliphatic carbocycles. The van der Waals surface area contributed by atoms with E-state index in [9.17, 15) is 34.8 Å². The summed E-state index contributed by atoms with van der Waals surface area (Å²) in [5, 5.41) is 49.1. The van der Waals surface area contributed by atoms with Gasteiger partial charge in [-0.2, -0.15) is 0 Å². The third-order valence-corrected chi connectivity index (χ3v) is 9.55. The minimum absolute atomic E-state index is 0.0108. The van der Waals surface area contributed by atoms with Crippen LogP contribution in [0, 0.1) is 10.8 Å². The molecular weight excluding hydrogens is 502 g/mol. The van der Waals surface area contributed by atoms with Crippen molar-refractivity contribution in [1.82, 2.24) is 10.2 Å². The van der Waals surface area contributed by atoms with Gasteiger partial charge in [-0.1, -0.05) is 32.8 Å². The molecule has 0 heterocycles. The zero-order valence-electron chi connectivity index (χ0n) is 22.8. The van der Waals surface area contributed by atoms with Crippen molar-refractivity contribution in [2.75, 3.05) is 14.1 Å². The van der Waals surface area contributed by atoms with Gasteiger partial charge in [-0.15, -0.1) is 0 Å². The van der Waals surface area contributed by atoms with Crippen LogP contribution < -0.4 is 11.1 Å². The Bertz CT molecular complexity index is 1360. The average Bonchev–Trinajstić information content (AvgIpc) is 3.34. The van der Waals surface area contributed by atoms with E-state index in [1.165, 1.54) is 23.8 Å². The summed E-state index contributed by atoms with van der Waals surface area (Å²) in [4.78, 5) is 41.5. The topological polar surface area (TPSA) is 173 Å². The fraction of sp³-hybridized carbons (Fsp3) is 0.552. The van der Waals surface area contributed by atoms with Crippen molar-refractivity contribution in [3.05, 3.63) is 45.7 Å². The highest BCUT2D eigenvalue weighted by atomic mass is 16.3. The highest BCUT2D eigenvalue weighted by molar-refractivity contribution is 6.25. The molecule has 0 radical (unpaired) electrons. The van der Waals surface area contributed by atoms with Crippen molar-refractivity contribution < 1.29 is 34.8 Å². The Kier molecular flexibility index (Phi) is 6.25. The summed E-state index contributed by atoms with van der Waals surface area (Å²) in [5.41, 5.74) is 0.754. The van der Waals surface area contributed by atoms with Crippen LogP contribution in [0.3, 0.4) is 0 Å². The summed E-state index contributed by atoms with van der Waals surface area (Å²) >= 11 is 0. The first-order valence-electron chi connectivity index (χ1n) is 13.4. The van der Waals surface area contributed by atoms with E-state index in [0.717, 1.165) is 18.4 Å². The standard InChI is InChI=1S/C29H37N3O7/c1-27-11-16-14(12-31-15-7-5-6-8-15)9-10-17(33)18(16)21(34)20(27)25(37)29(39)24(36)19(26(30)38)22(35)23(32(3)4)28(29,2)13-27/h9-10,15,23,31,33-34,36,39H,5-8,11-13H2,1-4H3,(H2,30,38)/t23-,27+,28+,29-/m1/s1. The second-order valence-electron chi connectivity index (χ2n) is 12.4. The third kappa shape index (κ3) is 3.61. The van der Waals surface area contributed by atoms with Crippen LogP contribution in [0.15, 0.2) is 29.0 Å². The first-order chi connectivity index (χ1) is 18.2. The number of nitrogens with two attached hydrogens (primary N) is 1. The number of phenolic OH excluding ortho intramolecular Hbond substituents is 1. The van der Waals surface area contributed by atoms with Gasteiger partial charge in [0.25, 0.3) is 5.91 Å². The Morgan fingerprint density at radius 3 is 2.36 bits per heavy atom. The number of phenols is 1. The molecule has 0 unspecified atom stereocenters. The number of carbonyl (C=O) groups is 3. The Labute approximate surface area is 227 Å². The second-order valence-corrected chi connectivity index (χ2v) is 12.4. The van der Waals surface area contributed by atoms with Crippen LogP contribution in [0.5, 0.6) is 5.75 Å². The number of aliphatic hydroxyl groups excluding tert-OH is 2. The number of hydrogen-bond acceptors (Lipinski definition) is 9. The predicted octanol–water partition coefficient (Wildman–Crippen LogP) is 1.78. The number of primary amides is 1. The van der Waals surface area contributed by atoms with Crippen LogP contribution in [0.4, 0.5) is 0 Å². The van der Waals surface area contributed by atoms with Gasteiger partial charge >= 0.3 is 0 Å². The van der Waals surface area contributed by atoms with Crippen LogP contribution in [-0.2, 0) is 27.3 Å². The van der Waals surface area contributed by atoms with Gasteiger partial charge in [-0.3, -0.25) is 19.3 Å². The highest BCUT2D eigenvalue weighted by Crippen LogP contribution is 2.63. The maximum Gasteiger partial charge on any atom is 0.255 e. The van der Waals surface area contributed by atoms with E-state index in [-0.39, 0.29) is 29.7 Å². The minimum Gasteiger partial charge on any atom is -0.508 e. The summed E-state index contributed by atoms with van der Waals surface area (Å²) in [6.07, 6.45) is 4.77. The fourth-order valence-corrected chi connectivity index (χ4v) is 7.93. The molecule has 10 heteroatoms. The van der Waals surface area contributed by atoms with Crippen molar-refractivity contribution in [1.29, 1.82) is 0 Å². The summed E-state index contributed by atoms with van der Waals surface area (Å²) in [6, 6.07) is 2.50. The molecule has 5 rings (SSSR count). The van der Waals surface area contributed by atoms with Crippen molar-refractivity contribution in [3.8, 4) is 5.75 Å². The first-order valence-corrected chi connectivity index (χ1v) is 13.4. The number of aromatic hydroxyl groups is 1. The first kappa shape index (κ1) is 27.4. The van der Waals surface area contributed by atoms with Crippen LogP contribution in [0.1, 0.15) is 62.6 Å². The largest absolute Gasteiger partial charge is 0.508 e. The zero-order chi connectivity index (χ0) is 28.7. The molecule has 39 heavy (non-hydrogen) atoms. The van der Waals surface area contributed by atoms with Crippen LogP contribution >= 0.6 is 0 Å². The highest BCUT2D eigenvalue weighted by Gasteiger charge is 2.72. The lowest BCUT2D eigenvalue weighted by Crippen LogP contribution is -2.72. The number of likely N-dealkylation sites (N-methyl/N-ethyl adjacent to an activating group) is 1. The molecule has 0 bridgehead atoms. The molecule has 0 spiro atoms. The number of aliphatic hydroxyl groups is 3. The Hall–Kier alpha value is -3.21. The van der Waals surface area contributed by atoms with Crippen molar-refractivity contribution in [3.63, 3.8) is 0 Å². The second kappa shape index (κ2) is 8.90. The van der Waals surface area contributed by atoms with Crippen molar-refractivity contribution in [2.45, 2.75) is 76.6 Å². The number of ketones is 2. The molecule has 0 aliphatic heterocycles. The van der Waals surface area contributed by atoms with E-state index in [2.05, 4.69) is 5.32 Å². The quantitative estimate of drug-likeness (QED) is 0.305. The Balaban J connectivity index is 1.71. The van der Waals surface area contributed by atoms with E-state index in [0.29, 0.717) is 18.2 Å². The molecule has 1 amide bonds. The Morgan fingerprint density at radius 2 is 1.77 bits per heavy atom. The smallest absolute Gasteiger partial charge is 0.255 e. The van der Waals surface area contributed by atoms with Gasteiger partial charge in [0.1, 0.15) is 22.8 Å². The molecule has 2 saturated carbocycles. The van der Waals surface area contributed by atoms with Crippen molar-refractivity contribution >= 4 is 23.2 Å². The van der Waals surface area contributed by atoms with Gasteiger partial charge in [0, 0.05) is 29.0 Å². The number of nitrogens with one attached hydrogen (secondary N) is 1. The lowest BCUT2D eigenvalue weighted by Gasteiger charge is -2.59. The van der Waals surface area contributed by atoms with Crippen LogP contribution in [0.25, 0.3) is 5.76 Å². The van der Waals surface area contributed by atoms with Crippen molar-refractivity contribution in [2.24, 2.45) is 16.6 Å². The third-order valence-electron chi connectivity index (χ3n) is 9.55. The van der Waals surface area contributed by atoms with E-state index < -0.39 is 57.0 Å². The number of benzene rings is 1. The van der Waals surface area contributed by atoms with E-state index >= 15 is 0 Å². The van der Waals surface area contributed by atoms with Gasteiger partial charge in [0.05, 0.1) is 11.6 Å². The molecule has 4 aliphatic rings. The molecular formula is C29H37N3O7. The fourth-order valence-electron chi connectivity index (χ4n) is 7.93. The number of carbonyl (C=O) groups excluding carboxylic acids is 3. The number of Topliss-reactive ketones (excluding diaryl/α,β-unsaturated/α-hetero) is 2. The molecule has 210 valence electrons. The number of nitrogens with zero attached hydrogens (tertiary/aromatic N) is 1. The van der Waals surface area contributed by atoms with E-state index in [1.54, 1.807) is 34.0 Å². The SMILES string of the molecule is CN(C)[C@@H]1C(=O)C(C(N)=O)=C(O)[C@@]2(O)C(=O)C3=C(O)c4c(O)ccc(CNC5CCCC5)c4C[C@@]3(C)C[C@@]12C. The summed E-state index contributed by atoms with van der Waals surface area (Å²) < 4.78 is 0. The van der Waals surface area contributed by atoms with E-state index in [4.69, 9.17) is 5.73 Å². The average molecular weight is 540 g/mol. The number of rotatable bonds is 5. The Morgan fingerprint density at radius 1 is 1.13 bits per heavy atom. The molecule has 1 aromatic rings. The van der Waals surface area contributed by atoms with E-state index in [1.807, 2.05) is 0 Å². The number of amides is 1. The van der Waals surface area contributed by atoms with Gasteiger partial charge in [0.15, 0.2) is 11.4 Å². The van der Waals surface area contributed by atoms with Gasteiger partial charge < -0.3 is 31.5 Å². The van der Waals surface area contributed by atoms with Gasteiger partial charge in [-0.25, -0.2) is 0 Å². The monoisotopic (exact) mass is 539 g/mol. The maximum atomic E-state index is 14.3.